The van der Waals surface area contributed by atoms with E-state index in [9.17, 15) is 9.59 Å². The van der Waals surface area contributed by atoms with Crippen molar-refractivity contribution in [1.29, 1.82) is 0 Å². The average molecular weight is 418 g/mol. The Balaban J connectivity index is 1.66. The van der Waals surface area contributed by atoms with Gasteiger partial charge in [-0.25, -0.2) is 4.79 Å². The molecule has 0 saturated heterocycles. The molecule has 0 heterocycles. The van der Waals surface area contributed by atoms with Crippen molar-refractivity contribution in [1.82, 2.24) is 0 Å². The zero-order chi connectivity index (χ0) is 22.2. The second-order valence-corrected chi connectivity index (χ2v) is 6.46. The smallest absolute Gasteiger partial charge is 0.343 e. The predicted molar refractivity (Wildman–Crippen MR) is 117 cm³/mol. The number of esters is 1. The van der Waals surface area contributed by atoms with Gasteiger partial charge in [-0.2, -0.15) is 0 Å². The van der Waals surface area contributed by atoms with Gasteiger partial charge in [0.25, 0.3) is 0 Å². The lowest BCUT2D eigenvalue weighted by Crippen LogP contribution is -2.08. The number of carbonyl (C=O) groups excluding carboxylic acids is 2. The van der Waals surface area contributed by atoms with Gasteiger partial charge >= 0.3 is 5.97 Å². The number of carbonyl (C=O) groups is 2. The summed E-state index contributed by atoms with van der Waals surface area (Å²) in [6, 6.07) is 18.4. The molecule has 0 radical (unpaired) electrons. The summed E-state index contributed by atoms with van der Waals surface area (Å²) in [7, 11) is 4.65. The van der Waals surface area contributed by atoms with Crippen LogP contribution in [0.5, 0.6) is 23.0 Å². The third-order valence-corrected chi connectivity index (χ3v) is 4.49. The average Bonchev–Trinajstić information content (AvgIpc) is 2.82. The molecule has 3 aromatic rings. The van der Waals surface area contributed by atoms with Gasteiger partial charge in [0.15, 0.2) is 17.3 Å². The summed E-state index contributed by atoms with van der Waals surface area (Å²) in [6.07, 6.45) is 3.17. The van der Waals surface area contributed by atoms with Gasteiger partial charge in [-0.1, -0.05) is 18.2 Å². The number of ketones is 1. The SMILES string of the molecule is COc1cccc(C(=O)Oc2ccc(C(=O)C=Cc3ccc(OC)c(OC)c3)cc2)c1. The molecule has 3 aromatic carbocycles. The Bertz CT molecular complexity index is 1100. The van der Waals surface area contributed by atoms with Gasteiger partial charge in [-0.15, -0.1) is 0 Å². The molecule has 6 nitrogen and oxygen atoms in total. The molecule has 0 aliphatic rings. The van der Waals surface area contributed by atoms with E-state index < -0.39 is 5.97 Å². The Morgan fingerprint density at radius 3 is 2.13 bits per heavy atom. The fraction of sp³-hybridized carbons (Fsp3) is 0.120. The van der Waals surface area contributed by atoms with E-state index in [0.29, 0.717) is 34.1 Å². The molecular weight excluding hydrogens is 396 g/mol. The molecule has 0 spiro atoms. The summed E-state index contributed by atoms with van der Waals surface area (Å²) < 4.78 is 20.9. The Labute approximate surface area is 180 Å². The molecule has 6 heteroatoms. The fourth-order valence-corrected chi connectivity index (χ4v) is 2.83. The van der Waals surface area contributed by atoms with E-state index in [-0.39, 0.29) is 5.78 Å². The molecule has 0 saturated carbocycles. The Morgan fingerprint density at radius 2 is 1.45 bits per heavy atom. The molecule has 0 bridgehead atoms. The summed E-state index contributed by atoms with van der Waals surface area (Å²) in [4.78, 5) is 24.7. The molecule has 0 unspecified atom stereocenters. The fourth-order valence-electron chi connectivity index (χ4n) is 2.83. The second-order valence-electron chi connectivity index (χ2n) is 6.46. The number of rotatable bonds is 8. The van der Waals surface area contributed by atoms with Crippen molar-refractivity contribution >= 4 is 17.8 Å². The van der Waals surface area contributed by atoms with Crippen molar-refractivity contribution in [2.45, 2.75) is 0 Å². The van der Waals surface area contributed by atoms with Crippen molar-refractivity contribution in [2.24, 2.45) is 0 Å². The highest BCUT2D eigenvalue weighted by atomic mass is 16.5. The van der Waals surface area contributed by atoms with Crippen LogP contribution in [-0.4, -0.2) is 33.1 Å². The maximum Gasteiger partial charge on any atom is 0.343 e. The standard InChI is InChI=1S/C25H22O6/c1-28-21-6-4-5-19(16-21)25(27)31-20-11-9-18(10-12-20)22(26)13-7-17-8-14-23(29-2)24(15-17)30-3/h4-16H,1-3H3. The highest BCUT2D eigenvalue weighted by Crippen LogP contribution is 2.28. The molecule has 3 rings (SSSR count). The topological polar surface area (TPSA) is 71.1 Å². The lowest BCUT2D eigenvalue weighted by Gasteiger charge is -2.07. The van der Waals surface area contributed by atoms with Gasteiger partial charge < -0.3 is 18.9 Å². The molecule has 0 N–H and O–H groups in total. The zero-order valence-electron chi connectivity index (χ0n) is 17.5. The van der Waals surface area contributed by atoms with E-state index in [0.717, 1.165) is 5.56 Å². The maximum absolute atomic E-state index is 12.5. The number of ether oxygens (including phenoxy) is 4. The van der Waals surface area contributed by atoms with Crippen molar-refractivity contribution in [3.8, 4) is 23.0 Å². The third kappa shape index (κ3) is 5.51. The van der Waals surface area contributed by atoms with Crippen molar-refractivity contribution in [3.05, 3.63) is 89.5 Å². The Kier molecular flexibility index (Phi) is 7.06. The minimum Gasteiger partial charge on any atom is -0.497 e. The van der Waals surface area contributed by atoms with Crippen LogP contribution in [0, 0.1) is 0 Å². The molecule has 0 fully saturated rings. The zero-order valence-corrected chi connectivity index (χ0v) is 17.5. The lowest BCUT2D eigenvalue weighted by atomic mass is 10.1. The minimum atomic E-state index is -0.508. The number of hydrogen-bond acceptors (Lipinski definition) is 6. The van der Waals surface area contributed by atoms with E-state index in [2.05, 4.69) is 0 Å². The highest BCUT2D eigenvalue weighted by molar-refractivity contribution is 6.07. The molecule has 0 aliphatic heterocycles. The van der Waals surface area contributed by atoms with E-state index in [1.54, 1.807) is 81.0 Å². The molecule has 158 valence electrons. The van der Waals surface area contributed by atoms with E-state index >= 15 is 0 Å². The van der Waals surface area contributed by atoms with Gasteiger partial charge in [0.1, 0.15) is 11.5 Å². The van der Waals surface area contributed by atoms with Gasteiger partial charge in [-0.3, -0.25) is 4.79 Å². The van der Waals surface area contributed by atoms with E-state index in [4.69, 9.17) is 18.9 Å². The van der Waals surface area contributed by atoms with Crippen LogP contribution in [0.25, 0.3) is 6.08 Å². The first-order valence-electron chi connectivity index (χ1n) is 9.45. The summed E-state index contributed by atoms with van der Waals surface area (Å²) in [5, 5.41) is 0. The minimum absolute atomic E-state index is 0.180. The van der Waals surface area contributed by atoms with Gasteiger partial charge in [0.05, 0.1) is 26.9 Å². The molecule has 0 aliphatic carbocycles. The van der Waals surface area contributed by atoms with Crippen LogP contribution >= 0.6 is 0 Å². The third-order valence-electron chi connectivity index (χ3n) is 4.49. The van der Waals surface area contributed by atoms with Crippen LogP contribution in [0.3, 0.4) is 0 Å². The van der Waals surface area contributed by atoms with Gasteiger partial charge in [0, 0.05) is 5.56 Å². The van der Waals surface area contributed by atoms with Crippen molar-refractivity contribution in [3.63, 3.8) is 0 Å². The predicted octanol–water partition coefficient (Wildman–Crippen LogP) is 4.83. The molecular formula is C25H22O6. The van der Waals surface area contributed by atoms with Crippen LogP contribution in [0.15, 0.2) is 72.8 Å². The molecule has 0 aromatic heterocycles. The quantitative estimate of drug-likeness (QED) is 0.226. The first-order chi connectivity index (χ1) is 15.0. The molecule has 0 amide bonds. The van der Waals surface area contributed by atoms with Crippen LogP contribution in [-0.2, 0) is 0 Å². The maximum atomic E-state index is 12.5. The van der Waals surface area contributed by atoms with Crippen LogP contribution in [0.2, 0.25) is 0 Å². The van der Waals surface area contributed by atoms with E-state index in [1.165, 1.54) is 13.2 Å². The summed E-state index contributed by atoms with van der Waals surface area (Å²) in [6.45, 7) is 0. The highest BCUT2D eigenvalue weighted by Gasteiger charge is 2.10. The first kappa shape index (κ1) is 21.6. The Hall–Kier alpha value is -4.06. The number of allylic oxidation sites excluding steroid dienone is 1. The summed E-state index contributed by atoms with van der Waals surface area (Å²) >= 11 is 0. The lowest BCUT2D eigenvalue weighted by molar-refractivity contribution is 0.0734. The summed E-state index contributed by atoms with van der Waals surface area (Å²) in [5.74, 6) is 1.42. The van der Waals surface area contributed by atoms with Gasteiger partial charge in [0.2, 0.25) is 0 Å². The molecule has 0 atom stereocenters. The van der Waals surface area contributed by atoms with Crippen LogP contribution in [0.1, 0.15) is 26.3 Å². The first-order valence-corrected chi connectivity index (χ1v) is 9.45. The number of methoxy groups -OCH3 is 3. The van der Waals surface area contributed by atoms with Crippen molar-refractivity contribution < 1.29 is 28.5 Å². The van der Waals surface area contributed by atoms with E-state index in [1.807, 2.05) is 6.07 Å². The summed E-state index contributed by atoms with van der Waals surface area (Å²) in [5.41, 5.74) is 1.64. The molecule has 31 heavy (non-hydrogen) atoms. The normalized spacial score (nSPS) is 10.5. The van der Waals surface area contributed by atoms with Crippen molar-refractivity contribution in [2.75, 3.05) is 21.3 Å². The number of hydrogen-bond donors (Lipinski definition) is 0. The second kappa shape index (κ2) is 10.1. The van der Waals surface area contributed by atoms with Gasteiger partial charge in [-0.05, 0) is 66.2 Å². The van der Waals surface area contributed by atoms with Crippen LogP contribution in [0.4, 0.5) is 0 Å². The number of benzene rings is 3. The largest absolute Gasteiger partial charge is 0.497 e. The Morgan fingerprint density at radius 1 is 0.710 bits per heavy atom. The van der Waals surface area contributed by atoms with Crippen LogP contribution < -0.4 is 18.9 Å². The monoisotopic (exact) mass is 418 g/mol.